The number of halogens is 4. The van der Waals surface area contributed by atoms with Crippen LogP contribution in [0.2, 0.25) is 0 Å². The minimum absolute atomic E-state index is 0.0907. The minimum Gasteiger partial charge on any atom is -0.392 e. The Balaban J connectivity index is 5.46. The highest BCUT2D eigenvalue weighted by Gasteiger charge is 2.45. The van der Waals surface area contributed by atoms with Gasteiger partial charge in [-0.25, -0.2) is 0 Å². The average molecular weight is 498 g/mol. The van der Waals surface area contributed by atoms with Crippen LogP contribution in [0.25, 0.3) is 0 Å². The molecule has 0 heterocycles. The summed E-state index contributed by atoms with van der Waals surface area (Å²) in [4.78, 5) is 43.9. The Kier molecular flexibility index (Phi) is 15.3. The van der Waals surface area contributed by atoms with Crippen LogP contribution in [0.1, 0.15) is 38.5 Å². The van der Waals surface area contributed by atoms with E-state index in [1.54, 1.807) is 0 Å². The number of aliphatic hydroxyl groups excluding tert-OH is 2. The maximum absolute atomic E-state index is 11.1. The molecule has 0 fully saturated rings. The molecule has 0 amide bonds. The second kappa shape index (κ2) is 15.5. The molecule has 0 saturated heterocycles. The highest BCUT2D eigenvalue weighted by Crippen LogP contribution is 2.34. The first-order valence-corrected chi connectivity index (χ1v) is 10.3. The number of hydrogen-bond donors (Lipinski definition) is 2. The van der Waals surface area contributed by atoms with Gasteiger partial charge in [-0.3, -0.25) is 19.2 Å². The van der Waals surface area contributed by atoms with Crippen molar-refractivity contribution in [3.63, 3.8) is 0 Å². The third kappa shape index (κ3) is 12.9. The van der Waals surface area contributed by atoms with Crippen molar-refractivity contribution in [1.82, 2.24) is 0 Å². The van der Waals surface area contributed by atoms with Crippen molar-refractivity contribution in [1.29, 1.82) is 0 Å². The average Bonchev–Trinajstić information content (AvgIpc) is 2.62. The summed E-state index contributed by atoms with van der Waals surface area (Å²) in [6.07, 6.45) is -3.49. The summed E-state index contributed by atoms with van der Waals surface area (Å²) in [6, 6.07) is 0. The molecule has 0 aromatic heterocycles. The zero-order valence-electron chi connectivity index (χ0n) is 15.6. The molecule has 2 N–H and O–H groups in total. The molecule has 0 radical (unpaired) electrons. The standard InChI is InChI=1S/C17H24Cl4O8/c18-13(24)3-1-11(22)17(9-28-7-5-15(20)26,10-29-8-6-16(21)27)12(23)2-4-14(19)25/h11-12,22-23H,1-10H2. The molecular weight excluding hydrogens is 474 g/mol. The van der Waals surface area contributed by atoms with E-state index in [1.165, 1.54) is 0 Å². The molecule has 2 atom stereocenters. The van der Waals surface area contributed by atoms with Crippen molar-refractivity contribution in [2.45, 2.75) is 50.7 Å². The summed E-state index contributed by atoms with van der Waals surface area (Å²) in [6.45, 7) is -0.762. The van der Waals surface area contributed by atoms with Gasteiger partial charge in [0.05, 0.1) is 44.1 Å². The number of aliphatic hydroxyl groups is 2. The molecule has 0 saturated carbocycles. The summed E-state index contributed by atoms with van der Waals surface area (Å²) in [5, 5.41) is 18.8. The molecule has 29 heavy (non-hydrogen) atoms. The van der Waals surface area contributed by atoms with Crippen LogP contribution in [0.5, 0.6) is 0 Å². The molecule has 12 heteroatoms. The summed E-state index contributed by atoms with van der Waals surface area (Å²) >= 11 is 21.2. The molecule has 8 nitrogen and oxygen atoms in total. The van der Waals surface area contributed by atoms with Gasteiger partial charge in [-0.05, 0) is 59.2 Å². The molecule has 0 bridgehead atoms. The van der Waals surface area contributed by atoms with Crippen LogP contribution in [-0.2, 0) is 28.7 Å². The van der Waals surface area contributed by atoms with Crippen LogP contribution in [0.3, 0.4) is 0 Å². The lowest BCUT2D eigenvalue weighted by Gasteiger charge is -2.41. The lowest BCUT2D eigenvalue weighted by atomic mass is 9.74. The van der Waals surface area contributed by atoms with Crippen molar-refractivity contribution >= 4 is 67.4 Å². The van der Waals surface area contributed by atoms with Crippen LogP contribution >= 0.6 is 46.4 Å². The minimum atomic E-state index is -1.50. The summed E-state index contributed by atoms with van der Waals surface area (Å²) in [5.41, 5.74) is -1.50. The van der Waals surface area contributed by atoms with E-state index in [0.717, 1.165) is 0 Å². The van der Waals surface area contributed by atoms with Crippen LogP contribution in [-0.4, -0.2) is 69.8 Å². The molecule has 0 aliphatic heterocycles. The number of hydrogen-bond acceptors (Lipinski definition) is 8. The van der Waals surface area contributed by atoms with Crippen molar-refractivity contribution in [3.8, 4) is 0 Å². The zero-order chi connectivity index (χ0) is 22.4. The van der Waals surface area contributed by atoms with Gasteiger partial charge < -0.3 is 19.7 Å². The van der Waals surface area contributed by atoms with E-state index in [4.69, 9.17) is 55.9 Å². The third-order valence-electron chi connectivity index (χ3n) is 4.18. The van der Waals surface area contributed by atoms with Crippen LogP contribution in [0.15, 0.2) is 0 Å². The Labute approximate surface area is 188 Å². The molecule has 0 aliphatic carbocycles. The first kappa shape index (κ1) is 28.7. The van der Waals surface area contributed by atoms with Crippen molar-refractivity contribution in [2.75, 3.05) is 26.4 Å². The van der Waals surface area contributed by atoms with E-state index < -0.39 is 38.6 Å². The Bertz CT molecular complexity index is 510. The maximum Gasteiger partial charge on any atom is 0.223 e. The smallest absolute Gasteiger partial charge is 0.223 e. The summed E-state index contributed by atoms with van der Waals surface area (Å²) < 4.78 is 10.8. The van der Waals surface area contributed by atoms with E-state index in [2.05, 4.69) is 0 Å². The number of carbonyl (C=O) groups excluding carboxylic acids is 4. The Morgan fingerprint density at radius 3 is 1.24 bits per heavy atom. The second-order valence-corrected chi connectivity index (χ2v) is 8.05. The SMILES string of the molecule is O=C(Cl)CCOCC(COCCC(=O)Cl)(C(O)CCC(=O)Cl)C(O)CCC(=O)Cl. The number of rotatable bonds is 18. The maximum atomic E-state index is 11.1. The van der Waals surface area contributed by atoms with Crippen molar-refractivity contribution < 1.29 is 38.9 Å². The third-order valence-corrected chi connectivity index (χ3v) is 4.94. The Morgan fingerprint density at radius 1 is 0.655 bits per heavy atom. The first-order valence-electron chi connectivity index (χ1n) is 8.76. The van der Waals surface area contributed by atoms with E-state index >= 15 is 0 Å². The van der Waals surface area contributed by atoms with Crippen LogP contribution < -0.4 is 0 Å². The van der Waals surface area contributed by atoms with E-state index in [0.29, 0.717) is 0 Å². The fourth-order valence-corrected chi connectivity index (χ4v) is 2.93. The molecule has 0 aliphatic rings. The van der Waals surface area contributed by atoms with Crippen LogP contribution in [0, 0.1) is 5.41 Å². The summed E-state index contributed by atoms with van der Waals surface area (Å²) in [5.74, 6) is 0. The predicted molar refractivity (Wildman–Crippen MR) is 107 cm³/mol. The lowest BCUT2D eigenvalue weighted by molar-refractivity contribution is -0.156. The van der Waals surface area contributed by atoms with Crippen molar-refractivity contribution in [2.24, 2.45) is 5.41 Å². The quantitative estimate of drug-likeness (QED) is 0.218. The van der Waals surface area contributed by atoms with E-state index in [-0.39, 0.29) is 65.0 Å². The monoisotopic (exact) mass is 496 g/mol. The molecule has 0 aromatic carbocycles. The molecular formula is C17H24Cl4O8. The van der Waals surface area contributed by atoms with Crippen LogP contribution in [0.4, 0.5) is 0 Å². The molecule has 0 spiro atoms. The van der Waals surface area contributed by atoms with Gasteiger partial charge in [0.2, 0.25) is 21.0 Å². The van der Waals surface area contributed by atoms with Crippen molar-refractivity contribution in [3.05, 3.63) is 0 Å². The lowest BCUT2D eigenvalue weighted by Crippen LogP contribution is -2.52. The number of ether oxygens (including phenoxy) is 2. The van der Waals surface area contributed by atoms with E-state index in [9.17, 15) is 29.4 Å². The van der Waals surface area contributed by atoms with Gasteiger partial charge in [-0.15, -0.1) is 0 Å². The Morgan fingerprint density at radius 2 is 0.966 bits per heavy atom. The molecule has 168 valence electrons. The predicted octanol–water partition coefficient (Wildman–Crippen LogP) is 2.13. The topological polar surface area (TPSA) is 127 Å². The fourth-order valence-electron chi connectivity index (χ4n) is 2.55. The normalized spacial score (nSPS) is 13.7. The summed E-state index contributed by atoms with van der Waals surface area (Å²) in [7, 11) is 0. The largest absolute Gasteiger partial charge is 0.392 e. The Hall–Kier alpha value is -0.320. The highest BCUT2D eigenvalue weighted by molar-refractivity contribution is 6.64. The zero-order valence-corrected chi connectivity index (χ0v) is 18.6. The van der Waals surface area contributed by atoms with Gasteiger partial charge in [0.1, 0.15) is 0 Å². The second-order valence-electron chi connectivity index (χ2n) is 6.37. The first-order chi connectivity index (χ1) is 13.5. The van der Waals surface area contributed by atoms with Gasteiger partial charge in [0.15, 0.2) is 0 Å². The van der Waals surface area contributed by atoms with E-state index in [1.807, 2.05) is 0 Å². The number of carbonyl (C=O) groups is 4. The van der Waals surface area contributed by atoms with Gasteiger partial charge >= 0.3 is 0 Å². The van der Waals surface area contributed by atoms with Gasteiger partial charge in [0, 0.05) is 25.7 Å². The fraction of sp³-hybridized carbons (Fsp3) is 0.765. The molecule has 0 rings (SSSR count). The molecule has 0 aromatic rings. The van der Waals surface area contributed by atoms with Gasteiger partial charge in [-0.2, -0.15) is 0 Å². The van der Waals surface area contributed by atoms with Gasteiger partial charge in [-0.1, -0.05) is 0 Å². The van der Waals surface area contributed by atoms with Gasteiger partial charge in [0.25, 0.3) is 0 Å². The highest BCUT2D eigenvalue weighted by atomic mass is 35.5. The molecule has 2 unspecified atom stereocenters.